The van der Waals surface area contributed by atoms with Crippen LogP contribution >= 0.6 is 0 Å². The van der Waals surface area contributed by atoms with Crippen molar-refractivity contribution < 1.29 is 9.59 Å². The fraction of sp³-hybridized carbons (Fsp3) is 0.579. The molecule has 0 unspecified atom stereocenters. The highest BCUT2D eigenvalue weighted by atomic mass is 16.2. The van der Waals surface area contributed by atoms with Gasteiger partial charge in [0, 0.05) is 30.9 Å². The van der Waals surface area contributed by atoms with Gasteiger partial charge in [0.1, 0.15) is 0 Å². The summed E-state index contributed by atoms with van der Waals surface area (Å²) in [4.78, 5) is 26.4. The molecule has 1 saturated heterocycles. The van der Waals surface area contributed by atoms with Crippen molar-refractivity contribution in [2.45, 2.75) is 44.6 Å². The van der Waals surface area contributed by atoms with Crippen LogP contribution in [0.5, 0.6) is 0 Å². The second kappa shape index (κ2) is 7.76. The van der Waals surface area contributed by atoms with Crippen LogP contribution in [-0.4, -0.2) is 42.1 Å². The summed E-state index contributed by atoms with van der Waals surface area (Å²) in [7, 11) is 0. The number of hydrogen-bond donors (Lipinski definition) is 3. The highest BCUT2D eigenvalue weighted by Crippen LogP contribution is 2.40. The van der Waals surface area contributed by atoms with Crippen LogP contribution in [0.2, 0.25) is 0 Å². The smallest absolute Gasteiger partial charge is 0.321 e. The minimum absolute atomic E-state index is 0.0655. The third kappa shape index (κ3) is 4.87. The van der Waals surface area contributed by atoms with Gasteiger partial charge in [0.25, 0.3) is 0 Å². The molecular formula is C19H28N4O2. The average molecular weight is 344 g/mol. The van der Waals surface area contributed by atoms with Gasteiger partial charge in [-0.2, -0.15) is 0 Å². The van der Waals surface area contributed by atoms with Crippen LogP contribution in [-0.2, 0) is 0 Å². The monoisotopic (exact) mass is 344 g/mol. The van der Waals surface area contributed by atoms with Gasteiger partial charge in [-0.25, -0.2) is 9.59 Å². The molecule has 1 aromatic carbocycles. The van der Waals surface area contributed by atoms with Crippen LogP contribution in [0.25, 0.3) is 0 Å². The van der Waals surface area contributed by atoms with Gasteiger partial charge in [-0.05, 0) is 44.2 Å². The normalized spacial score (nSPS) is 19.2. The van der Waals surface area contributed by atoms with Crippen molar-refractivity contribution in [3.05, 3.63) is 30.3 Å². The number of rotatable bonds is 5. The summed E-state index contributed by atoms with van der Waals surface area (Å²) in [5, 5.41) is 8.98. The standard InChI is InChI=1S/C19H28N4O2/c1-2-20-17(24)22-19(14-15-8-9-15)10-12-23(13-11-19)18(25)21-16-6-4-3-5-7-16/h3-7,15H,2,8-14H2,1H3,(H,21,25)(H2,20,22,24). The Morgan fingerprint density at radius 3 is 2.44 bits per heavy atom. The largest absolute Gasteiger partial charge is 0.338 e. The second-order valence-corrected chi connectivity index (χ2v) is 7.20. The molecule has 0 atom stereocenters. The molecule has 1 aliphatic heterocycles. The van der Waals surface area contributed by atoms with Crippen LogP contribution in [0.15, 0.2) is 30.3 Å². The van der Waals surface area contributed by atoms with E-state index < -0.39 is 0 Å². The summed E-state index contributed by atoms with van der Waals surface area (Å²) >= 11 is 0. The van der Waals surface area contributed by atoms with Gasteiger partial charge >= 0.3 is 12.1 Å². The molecule has 6 heteroatoms. The molecule has 25 heavy (non-hydrogen) atoms. The summed E-state index contributed by atoms with van der Waals surface area (Å²) in [6, 6.07) is 9.35. The minimum atomic E-state index is -0.177. The molecule has 0 spiro atoms. The highest BCUT2D eigenvalue weighted by molar-refractivity contribution is 5.89. The predicted molar refractivity (Wildman–Crippen MR) is 98.5 cm³/mol. The van der Waals surface area contributed by atoms with Gasteiger partial charge in [-0.1, -0.05) is 31.0 Å². The zero-order valence-electron chi connectivity index (χ0n) is 14.9. The number of carbonyl (C=O) groups is 2. The van der Waals surface area contributed by atoms with Crippen LogP contribution < -0.4 is 16.0 Å². The lowest BCUT2D eigenvalue weighted by Crippen LogP contribution is -2.58. The van der Waals surface area contributed by atoms with Gasteiger partial charge in [0.15, 0.2) is 0 Å². The average Bonchev–Trinajstić information content (AvgIpc) is 3.40. The van der Waals surface area contributed by atoms with Gasteiger partial charge in [-0.3, -0.25) is 0 Å². The number of piperidine rings is 1. The molecule has 1 aromatic rings. The fourth-order valence-electron chi connectivity index (χ4n) is 3.56. The Labute approximate surface area is 149 Å². The number of para-hydroxylation sites is 1. The van der Waals surface area contributed by atoms with Gasteiger partial charge in [0.05, 0.1) is 0 Å². The molecule has 6 nitrogen and oxygen atoms in total. The van der Waals surface area contributed by atoms with Crippen LogP contribution in [0.4, 0.5) is 15.3 Å². The Hall–Kier alpha value is -2.24. The van der Waals surface area contributed by atoms with Gasteiger partial charge in [-0.15, -0.1) is 0 Å². The zero-order chi connectivity index (χ0) is 17.7. The Morgan fingerprint density at radius 1 is 1.16 bits per heavy atom. The number of benzene rings is 1. The van der Waals surface area contributed by atoms with Gasteiger partial charge in [0.2, 0.25) is 0 Å². The molecule has 1 saturated carbocycles. The third-order valence-corrected chi connectivity index (χ3v) is 5.13. The lowest BCUT2D eigenvalue weighted by atomic mass is 9.82. The first-order chi connectivity index (χ1) is 12.1. The minimum Gasteiger partial charge on any atom is -0.338 e. The number of anilines is 1. The van der Waals surface area contributed by atoms with Crippen LogP contribution in [0.3, 0.4) is 0 Å². The first-order valence-electron chi connectivity index (χ1n) is 9.27. The molecule has 3 N–H and O–H groups in total. The number of hydrogen-bond acceptors (Lipinski definition) is 2. The summed E-state index contributed by atoms with van der Waals surface area (Å²) in [5.41, 5.74) is 0.631. The number of urea groups is 2. The first kappa shape index (κ1) is 17.6. The molecule has 136 valence electrons. The molecule has 2 aliphatic rings. The zero-order valence-corrected chi connectivity index (χ0v) is 14.9. The second-order valence-electron chi connectivity index (χ2n) is 7.20. The molecule has 4 amide bonds. The van der Waals surface area contributed by atoms with Crippen molar-refractivity contribution in [3.63, 3.8) is 0 Å². The van der Waals surface area contributed by atoms with Crippen molar-refractivity contribution in [3.8, 4) is 0 Å². The number of nitrogens with zero attached hydrogens (tertiary/aromatic N) is 1. The maximum atomic E-state index is 12.5. The maximum Gasteiger partial charge on any atom is 0.321 e. The topological polar surface area (TPSA) is 73.5 Å². The number of likely N-dealkylation sites (tertiary alicyclic amines) is 1. The van der Waals surface area contributed by atoms with E-state index in [1.54, 1.807) is 0 Å². The van der Waals surface area contributed by atoms with E-state index >= 15 is 0 Å². The van der Waals surface area contributed by atoms with E-state index in [4.69, 9.17) is 0 Å². The quantitative estimate of drug-likeness (QED) is 0.767. The highest BCUT2D eigenvalue weighted by Gasteiger charge is 2.41. The van der Waals surface area contributed by atoms with Crippen LogP contribution in [0, 0.1) is 5.92 Å². The van der Waals surface area contributed by atoms with E-state index in [0.717, 1.165) is 30.9 Å². The van der Waals surface area contributed by atoms with E-state index in [-0.39, 0.29) is 17.6 Å². The van der Waals surface area contributed by atoms with Crippen molar-refractivity contribution in [1.82, 2.24) is 15.5 Å². The Balaban J connectivity index is 1.57. The van der Waals surface area contributed by atoms with Crippen LogP contribution in [0.1, 0.15) is 39.0 Å². The molecule has 2 fully saturated rings. The molecule has 3 rings (SSSR count). The lowest BCUT2D eigenvalue weighted by Gasteiger charge is -2.42. The lowest BCUT2D eigenvalue weighted by molar-refractivity contribution is 0.141. The van der Waals surface area contributed by atoms with E-state index in [2.05, 4.69) is 16.0 Å². The molecular weight excluding hydrogens is 316 g/mol. The van der Waals surface area contributed by atoms with E-state index in [1.165, 1.54) is 12.8 Å². The van der Waals surface area contributed by atoms with E-state index in [0.29, 0.717) is 19.6 Å². The summed E-state index contributed by atoms with van der Waals surface area (Å²) in [6.07, 6.45) is 5.16. The SMILES string of the molecule is CCNC(=O)NC1(CC2CC2)CCN(C(=O)Nc2ccccc2)CC1. The molecule has 1 heterocycles. The first-order valence-corrected chi connectivity index (χ1v) is 9.27. The van der Waals surface area contributed by atoms with Crippen molar-refractivity contribution in [2.24, 2.45) is 5.92 Å². The number of carbonyl (C=O) groups excluding carboxylic acids is 2. The summed E-state index contributed by atoms with van der Waals surface area (Å²) < 4.78 is 0. The Bertz CT molecular complexity index is 593. The number of nitrogens with one attached hydrogen (secondary N) is 3. The Morgan fingerprint density at radius 2 is 1.84 bits per heavy atom. The molecule has 0 bridgehead atoms. The summed E-state index contributed by atoms with van der Waals surface area (Å²) in [6.45, 7) is 3.87. The Kier molecular flexibility index (Phi) is 5.46. The predicted octanol–water partition coefficient (Wildman–Crippen LogP) is 3.17. The molecule has 1 aliphatic carbocycles. The van der Waals surface area contributed by atoms with E-state index in [9.17, 15) is 9.59 Å². The van der Waals surface area contributed by atoms with Crippen molar-refractivity contribution in [2.75, 3.05) is 25.0 Å². The molecule has 0 radical (unpaired) electrons. The van der Waals surface area contributed by atoms with Gasteiger partial charge < -0.3 is 20.9 Å². The van der Waals surface area contributed by atoms with Crippen molar-refractivity contribution in [1.29, 1.82) is 0 Å². The molecule has 0 aromatic heterocycles. The third-order valence-electron chi connectivity index (χ3n) is 5.13. The number of amides is 4. The maximum absolute atomic E-state index is 12.5. The fourth-order valence-corrected chi connectivity index (χ4v) is 3.56. The summed E-state index contributed by atoms with van der Waals surface area (Å²) in [5.74, 6) is 0.728. The van der Waals surface area contributed by atoms with Crippen molar-refractivity contribution >= 4 is 17.7 Å². The van der Waals surface area contributed by atoms with E-state index in [1.807, 2.05) is 42.2 Å².